The highest BCUT2D eigenvalue weighted by Gasteiger charge is 2.14. The summed E-state index contributed by atoms with van der Waals surface area (Å²) >= 11 is 0. The van der Waals surface area contributed by atoms with E-state index in [4.69, 9.17) is 0 Å². The number of carbonyl (C=O) groups excluding carboxylic acids is 2. The van der Waals surface area contributed by atoms with Crippen molar-refractivity contribution in [2.45, 2.75) is 27.2 Å². The lowest BCUT2D eigenvalue weighted by atomic mass is 10.1. The van der Waals surface area contributed by atoms with Crippen molar-refractivity contribution in [1.82, 2.24) is 0 Å². The number of hydrogen-bond donors (Lipinski definition) is 1. The number of rotatable bonds is 5. The number of carbonyl (C=O) groups is 2. The van der Waals surface area contributed by atoms with Crippen molar-refractivity contribution < 1.29 is 18.4 Å². The quantitative estimate of drug-likeness (QED) is 0.891. The average Bonchev–Trinajstić information content (AvgIpc) is 2.50. The van der Waals surface area contributed by atoms with E-state index in [0.29, 0.717) is 0 Å². The monoisotopic (exact) mass is 346 g/mol. The first-order chi connectivity index (χ1) is 11.8. The number of amides is 2. The van der Waals surface area contributed by atoms with Gasteiger partial charge in [0, 0.05) is 37.3 Å². The molecule has 0 saturated heterocycles. The van der Waals surface area contributed by atoms with Gasteiger partial charge in [-0.3, -0.25) is 9.59 Å². The van der Waals surface area contributed by atoms with Crippen LogP contribution in [0.4, 0.5) is 20.2 Å². The predicted octanol–water partition coefficient (Wildman–Crippen LogP) is 3.96. The molecule has 0 atom stereocenters. The summed E-state index contributed by atoms with van der Waals surface area (Å²) < 4.78 is 26.1. The third-order valence-corrected chi connectivity index (χ3v) is 3.66. The Bertz CT molecular complexity index is 786. The van der Waals surface area contributed by atoms with Crippen LogP contribution in [0.5, 0.6) is 0 Å². The van der Waals surface area contributed by atoms with Gasteiger partial charge in [-0.15, -0.1) is 0 Å². The van der Waals surface area contributed by atoms with Crippen LogP contribution in [0.1, 0.15) is 24.5 Å². The summed E-state index contributed by atoms with van der Waals surface area (Å²) in [7, 11) is 0. The molecular weight excluding hydrogens is 326 g/mol. The minimum atomic E-state index is -1.03. The summed E-state index contributed by atoms with van der Waals surface area (Å²) in [6.07, 6.45) is 0.0333. The second-order valence-electron chi connectivity index (χ2n) is 5.94. The van der Waals surface area contributed by atoms with Gasteiger partial charge in [0.05, 0.1) is 0 Å². The molecule has 0 aliphatic carbocycles. The van der Waals surface area contributed by atoms with Crippen LogP contribution in [0.3, 0.4) is 0 Å². The number of nitrogens with zero attached hydrogens (tertiary/aromatic N) is 1. The molecule has 0 unspecified atom stereocenters. The minimum Gasteiger partial charge on any atom is -0.326 e. The molecule has 6 heteroatoms. The zero-order valence-corrected chi connectivity index (χ0v) is 14.4. The zero-order chi connectivity index (χ0) is 18.6. The molecule has 0 bridgehead atoms. The predicted molar refractivity (Wildman–Crippen MR) is 93.5 cm³/mol. The normalized spacial score (nSPS) is 10.4. The van der Waals surface area contributed by atoms with Gasteiger partial charge in [0.1, 0.15) is 0 Å². The van der Waals surface area contributed by atoms with E-state index in [-0.39, 0.29) is 30.5 Å². The fourth-order valence-electron chi connectivity index (χ4n) is 2.59. The lowest BCUT2D eigenvalue weighted by Gasteiger charge is -2.22. The highest BCUT2D eigenvalue weighted by Crippen LogP contribution is 2.20. The van der Waals surface area contributed by atoms with Crippen LogP contribution >= 0.6 is 0 Å². The van der Waals surface area contributed by atoms with Gasteiger partial charge in [-0.25, -0.2) is 8.78 Å². The van der Waals surface area contributed by atoms with Crippen molar-refractivity contribution in [2.75, 3.05) is 16.8 Å². The van der Waals surface area contributed by atoms with E-state index in [1.165, 1.54) is 17.9 Å². The van der Waals surface area contributed by atoms with Crippen LogP contribution in [0.15, 0.2) is 36.4 Å². The largest absolute Gasteiger partial charge is 0.326 e. The molecule has 0 heterocycles. The highest BCUT2D eigenvalue weighted by atomic mass is 19.2. The molecule has 0 aliphatic heterocycles. The van der Waals surface area contributed by atoms with Gasteiger partial charge in [-0.1, -0.05) is 6.07 Å². The molecule has 2 aromatic rings. The molecule has 0 aliphatic rings. The first-order valence-corrected chi connectivity index (χ1v) is 7.87. The lowest BCUT2D eigenvalue weighted by molar-refractivity contribution is -0.117. The first kappa shape index (κ1) is 18.6. The Labute approximate surface area is 145 Å². The Morgan fingerprint density at radius 2 is 1.64 bits per heavy atom. The van der Waals surface area contributed by atoms with Crippen molar-refractivity contribution in [3.63, 3.8) is 0 Å². The van der Waals surface area contributed by atoms with Crippen molar-refractivity contribution in [3.8, 4) is 0 Å². The van der Waals surface area contributed by atoms with Gasteiger partial charge in [0.25, 0.3) is 0 Å². The molecule has 0 radical (unpaired) electrons. The standard InChI is InChI=1S/C19H20F2N2O2/c1-12-8-13(2)10-16(9-12)23(14(3)24)7-6-19(25)22-15-4-5-17(20)18(21)11-15/h4-5,8-11H,6-7H2,1-3H3,(H,22,25). The average molecular weight is 346 g/mol. The maximum Gasteiger partial charge on any atom is 0.226 e. The van der Waals surface area contributed by atoms with E-state index in [2.05, 4.69) is 5.32 Å². The molecule has 0 aromatic heterocycles. The molecule has 2 amide bonds. The topological polar surface area (TPSA) is 49.4 Å². The molecule has 25 heavy (non-hydrogen) atoms. The maximum absolute atomic E-state index is 13.2. The van der Waals surface area contributed by atoms with E-state index < -0.39 is 11.6 Å². The smallest absolute Gasteiger partial charge is 0.226 e. The van der Waals surface area contributed by atoms with Gasteiger partial charge in [-0.05, 0) is 49.2 Å². The van der Waals surface area contributed by atoms with Crippen LogP contribution in [0.2, 0.25) is 0 Å². The summed E-state index contributed by atoms with van der Waals surface area (Å²) in [6, 6.07) is 8.89. The van der Waals surface area contributed by atoms with E-state index in [1.807, 2.05) is 32.0 Å². The van der Waals surface area contributed by atoms with Crippen LogP contribution in [-0.2, 0) is 9.59 Å². The summed E-state index contributed by atoms with van der Waals surface area (Å²) in [6.45, 7) is 5.49. The molecule has 2 rings (SSSR count). The summed E-state index contributed by atoms with van der Waals surface area (Å²) in [4.78, 5) is 25.5. The molecule has 2 aromatic carbocycles. The van der Waals surface area contributed by atoms with Crippen molar-refractivity contribution >= 4 is 23.2 Å². The Kier molecular flexibility index (Phi) is 5.85. The van der Waals surface area contributed by atoms with Crippen molar-refractivity contribution in [2.24, 2.45) is 0 Å². The summed E-state index contributed by atoms with van der Waals surface area (Å²) in [5.74, 6) is -2.57. The van der Waals surface area contributed by atoms with Crippen LogP contribution in [-0.4, -0.2) is 18.4 Å². The van der Waals surface area contributed by atoms with E-state index in [0.717, 1.165) is 28.9 Å². The van der Waals surface area contributed by atoms with Gasteiger partial charge in [-0.2, -0.15) is 0 Å². The van der Waals surface area contributed by atoms with Crippen molar-refractivity contribution in [3.05, 3.63) is 59.2 Å². The Morgan fingerprint density at radius 3 is 2.20 bits per heavy atom. The molecule has 0 fully saturated rings. The first-order valence-electron chi connectivity index (χ1n) is 7.87. The third kappa shape index (κ3) is 5.11. The maximum atomic E-state index is 13.2. The van der Waals surface area contributed by atoms with Gasteiger partial charge in [0.15, 0.2) is 11.6 Å². The second kappa shape index (κ2) is 7.88. The summed E-state index contributed by atoms with van der Waals surface area (Å²) in [5.41, 5.74) is 2.94. The number of anilines is 2. The SMILES string of the molecule is CC(=O)N(CCC(=O)Nc1ccc(F)c(F)c1)c1cc(C)cc(C)c1. The summed E-state index contributed by atoms with van der Waals surface area (Å²) in [5, 5.41) is 2.49. The van der Waals surface area contributed by atoms with Crippen LogP contribution < -0.4 is 10.2 Å². The molecule has 4 nitrogen and oxygen atoms in total. The second-order valence-corrected chi connectivity index (χ2v) is 5.94. The van der Waals surface area contributed by atoms with Crippen molar-refractivity contribution in [1.29, 1.82) is 0 Å². The van der Waals surface area contributed by atoms with Gasteiger partial charge < -0.3 is 10.2 Å². The Morgan fingerprint density at radius 1 is 1.00 bits per heavy atom. The van der Waals surface area contributed by atoms with Gasteiger partial charge >= 0.3 is 0 Å². The molecule has 0 spiro atoms. The Hall–Kier alpha value is -2.76. The number of hydrogen-bond acceptors (Lipinski definition) is 2. The van der Waals surface area contributed by atoms with E-state index >= 15 is 0 Å². The minimum absolute atomic E-state index is 0.0333. The van der Waals surface area contributed by atoms with E-state index in [9.17, 15) is 18.4 Å². The molecule has 132 valence electrons. The fraction of sp³-hybridized carbons (Fsp3) is 0.263. The number of benzene rings is 2. The van der Waals surface area contributed by atoms with Crippen LogP contribution in [0.25, 0.3) is 0 Å². The fourth-order valence-corrected chi connectivity index (χ4v) is 2.59. The van der Waals surface area contributed by atoms with Gasteiger partial charge in [0.2, 0.25) is 11.8 Å². The molecular formula is C19H20F2N2O2. The number of aryl methyl sites for hydroxylation is 2. The molecule has 1 N–H and O–H groups in total. The Balaban J connectivity index is 2.04. The number of nitrogens with one attached hydrogen (secondary N) is 1. The third-order valence-electron chi connectivity index (χ3n) is 3.66. The molecule has 0 saturated carbocycles. The number of halogens is 2. The van der Waals surface area contributed by atoms with Crippen LogP contribution in [0, 0.1) is 25.5 Å². The lowest BCUT2D eigenvalue weighted by Crippen LogP contribution is -2.32. The highest BCUT2D eigenvalue weighted by molar-refractivity contribution is 5.94. The zero-order valence-electron chi connectivity index (χ0n) is 14.4. The van der Waals surface area contributed by atoms with E-state index in [1.54, 1.807) is 0 Å².